The summed E-state index contributed by atoms with van der Waals surface area (Å²) in [5.41, 5.74) is -0.628. The van der Waals surface area contributed by atoms with Crippen LogP contribution in [0.25, 0.3) is 0 Å². The van der Waals surface area contributed by atoms with Crippen LogP contribution in [0.1, 0.15) is 19.3 Å². The average molecular weight is 398 g/mol. The molecule has 0 aliphatic carbocycles. The molecule has 0 N–H and O–H groups in total. The van der Waals surface area contributed by atoms with E-state index in [1.165, 1.54) is 10.4 Å². The van der Waals surface area contributed by atoms with Crippen LogP contribution >= 0.6 is 0 Å². The first-order valence-electron chi connectivity index (χ1n) is 8.20. The zero-order chi connectivity index (χ0) is 19.6. The lowest BCUT2D eigenvalue weighted by atomic mass is 10.2. The summed E-state index contributed by atoms with van der Waals surface area (Å²) in [5.74, 6) is -2.61. The molecular weight excluding hydrogens is 382 g/mol. The molecule has 0 unspecified atom stereocenters. The fraction of sp³-hybridized carbons (Fsp3) is 0.294. The lowest BCUT2D eigenvalue weighted by molar-refractivity contribution is -0.385. The van der Waals surface area contributed by atoms with Crippen molar-refractivity contribution >= 4 is 15.7 Å². The van der Waals surface area contributed by atoms with E-state index in [9.17, 15) is 27.3 Å². The molecule has 1 aliphatic rings. The normalized spacial score (nSPS) is 15.5. The van der Waals surface area contributed by atoms with Gasteiger partial charge >= 0.3 is 5.69 Å². The monoisotopic (exact) mass is 398 g/mol. The van der Waals surface area contributed by atoms with Gasteiger partial charge in [0.25, 0.3) is 0 Å². The molecule has 27 heavy (non-hydrogen) atoms. The second-order valence-electron chi connectivity index (χ2n) is 6.03. The SMILES string of the molecule is O=[N+]([O-])c1cc(S(=O)(=O)N2CCCCC2)ccc1Oc1ccc(F)cc1F. The number of benzene rings is 2. The Balaban J connectivity index is 1.96. The van der Waals surface area contributed by atoms with Crippen molar-refractivity contribution in [1.29, 1.82) is 0 Å². The van der Waals surface area contributed by atoms with E-state index in [2.05, 4.69) is 0 Å². The number of sulfonamides is 1. The van der Waals surface area contributed by atoms with Crippen LogP contribution in [0.2, 0.25) is 0 Å². The number of nitro groups is 1. The summed E-state index contributed by atoms with van der Waals surface area (Å²) in [6.45, 7) is 0.713. The third kappa shape index (κ3) is 4.06. The first-order valence-corrected chi connectivity index (χ1v) is 9.64. The smallest absolute Gasteiger partial charge is 0.312 e. The maximum atomic E-state index is 13.7. The van der Waals surface area contributed by atoms with Gasteiger partial charge in [-0.25, -0.2) is 17.2 Å². The molecule has 0 atom stereocenters. The van der Waals surface area contributed by atoms with Crippen molar-refractivity contribution in [2.75, 3.05) is 13.1 Å². The van der Waals surface area contributed by atoms with E-state index in [-0.39, 0.29) is 10.6 Å². The molecule has 144 valence electrons. The Kier molecular flexibility index (Phi) is 5.38. The first kappa shape index (κ1) is 19.2. The van der Waals surface area contributed by atoms with Gasteiger partial charge in [0.15, 0.2) is 11.6 Å². The van der Waals surface area contributed by atoms with Crippen molar-refractivity contribution in [3.05, 3.63) is 58.1 Å². The van der Waals surface area contributed by atoms with Gasteiger partial charge in [-0.3, -0.25) is 10.1 Å². The number of piperidine rings is 1. The zero-order valence-corrected chi connectivity index (χ0v) is 14.9. The van der Waals surface area contributed by atoms with Crippen LogP contribution in [-0.4, -0.2) is 30.7 Å². The molecule has 0 aromatic heterocycles. The molecule has 1 aliphatic heterocycles. The van der Waals surface area contributed by atoms with E-state index >= 15 is 0 Å². The third-order valence-electron chi connectivity index (χ3n) is 4.19. The highest BCUT2D eigenvalue weighted by Crippen LogP contribution is 2.35. The molecule has 0 radical (unpaired) electrons. The Morgan fingerprint density at radius 2 is 1.67 bits per heavy atom. The fourth-order valence-corrected chi connectivity index (χ4v) is 4.36. The highest BCUT2D eigenvalue weighted by molar-refractivity contribution is 7.89. The predicted molar refractivity (Wildman–Crippen MR) is 92.1 cm³/mol. The van der Waals surface area contributed by atoms with E-state index in [0.717, 1.165) is 43.5 Å². The minimum absolute atomic E-state index is 0.233. The standard InChI is InChI=1S/C17H16F2N2O5S/c18-12-4-6-16(14(19)10-12)26-17-7-5-13(11-15(17)21(22)23)27(24,25)20-8-2-1-3-9-20/h4-7,10-11H,1-3,8-9H2. The molecule has 7 nitrogen and oxygen atoms in total. The fourth-order valence-electron chi connectivity index (χ4n) is 2.82. The summed E-state index contributed by atoms with van der Waals surface area (Å²) in [4.78, 5) is 10.3. The molecule has 2 aromatic carbocycles. The quantitative estimate of drug-likeness (QED) is 0.564. The summed E-state index contributed by atoms with van der Waals surface area (Å²) >= 11 is 0. The minimum atomic E-state index is -3.87. The Morgan fingerprint density at radius 3 is 2.30 bits per heavy atom. The van der Waals surface area contributed by atoms with Crippen molar-refractivity contribution in [2.45, 2.75) is 24.2 Å². The van der Waals surface area contributed by atoms with Crippen molar-refractivity contribution in [3.8, 4) is 11.5 Å². The van der Waals surface area contributed by atoms with E-state index in [4.69, 9.17) is 4.74 Å². The highest BCUT2D eigenvalue weighted by Gasteiger charge is 2.29. The molecule has 1 saturated heterocycles. The van der Waals surface area contributed by atoms with E-state index < -0.39 is 38.0 Å². The summed E-state index contributed by atoms with van der Waals surface area (Å²) in [5, 5.41) is 11.4. The third-order valence-corrected chi connectivity index (χ3v) is 6.09. The van der Waals surface area contributed by atoms with Crippen molar-refractivity contribution in [2.24, 2.45) is 0 Å². The van der Waals surface area contributed by atoms with Gasteiger partial charge in [0.2, 0.25) is 15.8 Å². The lowest BCUT2D eigenvalue weighted by Crippen LogP contribution is -2.35. The number of hydrogen-bond acceptors (Lipinski definition) is 5. The summed E-state index contributed by atoms with van der Waals surface area (Å²) in [6.07, 6.45) is 2.39. The Labute approximate surface area is 154 Å². The van der Waals surface area contributed by atoms with E-state index in [0.29, 0.717) is 19.2 Å². The Morgan fingerprint density at radius 1 is 1.00 bits per heavy atom. The first-order chi connectivity index (χ1) is 12.8. The molecule has 2 aromatic rings. The zero-order valence-electron chi connectivity index (χ0n) is 14.1. The lowest BCUT2D eigenvalue weighted by Gasteiger charge is -2.25. The van der Waals surface area contributed by atoms with Crippen LogP contribution in [0.4, 0.5) is 14.5 Å². The van der Waals surface area contributed by atoms with Crippen LogP contribution in [0.15, 0.2) is 41.3 Å². The van der Waals surface area contributed by atoms with Gasteiger partial charge in [-0.1, -0.05) is 6.42 Å². The molecule has 10 heteroatoms. The Bertz CT molecular complexity index is 975. The topological polar surface area (TPSA) is 89.8 Å². The molecular formula is C17H16F2N2O5S. The number of hydrogen-bond donors (Lipinski definition) is 0. The summed E-state index contributed by atoms with van der Waals surface area (Å²) in [6, 6.07) is 5.68. The highest BCUT2D eigenvalue weighted by atomic mass is 32.2. The van der Waals surface area contributed by atoms with Crippen LogP contribution in [-0.2, 0) is 10.0 Å². The maximum Gasteiger partial charge on any atom is 0.312 e. The van der Waals surface area contributed by atoms with Gasteiger partial charge in [0.05, 0.1) is 9.82 Å². The Hall–Kier alpha value is -2.59. The van der Waals surface area contributed by atoms with Gasteiger partial charge in [-0.2, -0.15) is 4.31 Å². The minimum Gasteiger partial charge on any atom is -0.447 e. The number of nitrogens with zero attached hydrogens (tertiary/aromatic N) is 2. The van der Waals surface area contributed by atoms with E-state index in [1.807, 2.05) is 0 Å². The summed E-state index contributed by atoms with van der Waals surface area (Å²) < 4.78 is 58.6. The van der Waals surface area contributed by atoms with Gasteiger partial charge < -0.3 is 4.74 Å². The predicted octanol–water partition coefficient (Wildman–Crippen LogP) is 3.84. The van der Waals surface area contributed by atoms with Crippen LogP contribution in [0.3, 0.4) is 0 Å². The van der Waals surface area contributed by atoms with Crippen molar-refractivity contribution in [3.63, 3.8) is 0 Å². The molecule has 0 amide bonds. The second-order valence-corrected chi connectivity index (χ2v) is 7.97. The van der Waals surface area contributed by atoms with Crippen LogP contribution < -0.4 is 4.74 Å². The molecule has 0 spiro atoms. The summed E-state index contributed by atoms with van der Waals surface area (Å²) in [7, 11) is -3.87. The van der Waals surface area contributed by atoms with Gasteiger partial charge in [-0.05, 0) is 37.1 Å². The average Bonchev–Trinajstić information content (AvgIpc) is 2.64. The number of halogens is 2. The van der Waals surface area contributed by atoms with Crippen LogP contribution in [0, 0.1) is 21.7 Å². The number of nitro benzene ring substituents is 1. The number of rotatable bonds is 5. The molecule has 0 saturated carbocycles. The van der Waals surface area contributed by atoms with Crippen LogP contribution in [0.5, 0.6) is 11.5 Å². The van der Waals surface area contributed by atoms with Crippen molar-refractivity contribution < 1.29 is 26.9 Å². The largest absolute Gasteiger partial charge is 0.447 e. The second kappa shape index (κ2) is 7.57. The van der Waals surface area contributed by atoms with Gasteiger partial charge in [-0.15, -0.1) is 0 Å². The van der Waals surface area contributed by atoms with E-state index in [1.54, 1.807) is 0 Å². The van der Waals surface area contributed by atoms with Gasteiger partial charge in [0.1, 0.15) is 5.82 Å². The van der Waals surface area contributed by atoms with Crippen molar-refractivity contribution in [1.82, 2.24) is 4.31 Å². The molecule has 1 fully saturated rings. The number of ether oxygens (including phenoxy) is 1. The molecule has 0 bridgehead atoms. The maximum absolute atomic E-state index is 13.7. The molecule has 3 rings (SSSR count). The van der Waals surface area contributed by atoms with Gasteiger partial charge in [0, 0.05) is 25.2 Å². The molecule has 1 heterocycles.